The Kier molecular flexibility index (Phi) is 4.60. The van der Waals surface area contributed by atoms with E-state index in [0.717, 1.165) is 16.5 Å². The van der Waals surface area contributed by atoms with Gasteiger partial charge in [0.2, 0.25) is 5.91 Å². The molecule has 4 nitrogen and oxygen atoms in total. The Morgan fingerprint density at radius 2 is 1.92 bits per heavy atom. The standard InChI is InChI=1S/C18H14Cl2N2O2/c1-10-6-12-7-11(2-5-15(12)22-18(10)24)8-17(23)21-16-9-13(19)3-4-14(16)20/h2-7,9H,8H2,1H3,(H,21,23)(H,22,24). The van der Waals surface area contributed by atoms with Crippen molar-refractivity contribution in [1.82, 2.24) is 4.98 Å². The number of hydrogen-bond donors (Lipinski definition) is 2. The minimum absolute atomic E-state index is 0.108. The predicted octanol–water partition coefficient (Wildman–Crippen LogP) is 4.32. The second-order valence-corrected chi connectivity index (χ2v) is 6.40. The molecule has 2 aromatic carbocycles. The highest BCUT2D eigenvalue weighted by atomic mass is 35.5. The van der Waals surface area contributed by atoms with Gasteiger partial charge in [-0.25, -0.2) is 0 Å². The Labute approximate surface area is 148 Å². The van der Waals surface area contributed by atoms with E-state index in [2.05, 4.69) is 10.3 Å². The van der Waals surface area contributed by atoms with E-state index in [9.17, 15) is 9.59 Å². The number of carbonyl (C=O) groups is 1. The summed E-state index contributed by atoms with van der Waals surface area (Å²) in [4.78, 5) is 26.7. The van der Waals surface area contributed by atoms with Crippen LogP contribution in [-0.4, -0.2) is 10.9 Å². The van der Waals surface area contributed by atoms with Crippen molar-refractivity contribution in [2.45, 2.75) is 13.3 Å². The summed E-state index contributed by atoms with van der Waals surface area (Å²) >= 11 is 12.0. The number of benzene rings is 2. The number of hydrogen-bond acceptors (Lipinski definition) is 2. The number of pyridine rings is 1. The number of aromatic amines is 1. The molecule has 1 heterocycles. The van der Waals surface area contributed by atoms with Crippen LogP contribution >= 0.6 is 23.2 Å². The molecular formula is C18H14Cl2N2O2. The van der Waals surface area contributed by atoms with E-state index in [0.29, 0.717) is 21.3 Å². The van der Waals surface area contributed by atoms with Gasteiger partial charge in [-0.2, -0.15) is 0 Å². The first kappa shape index (κ1) is 16.6. The lowest BCUT2D eigenvalue weighted by molar-refractivity contribution is -0.115. The number of fused-ring (bicyclic) bond motifs is 1. The maximum absolute atomic E-state index is 12.2. The number of amides is 1. The van der Waals surface area contributed by atoms with Gasteiger partial charge in [0.15, 0.2) is 0 Å². The fourth-order valence-corrected chi connectivity index (χ4v) is 2.79. The molecule has 0 radical (unpaired) electrons. The number of H-pyrrole nitrogens is 1. The number of rotatable bonds is 3. The molecular weight excluding hydrogens is 347 g/mol. The third-order valence-electron chi connectivity index (χ3n) is 3.66. The Morgan fingerprint density at radius 3 is 2.71 bits per heavy atom. The fourth-order valence-electron chi connectivity index (χ4n) is 2.45. The Hall–Kier alpha value is -2.30. The SMILES string of the molecule is Cc1cc2cc(CC(=O)Nc3cc(Cl)ccc3Cl)ccc2[nH]c1=O. The van der Waals surface area contributed by atoms with Crippen LogP contribution in [-0.2, 0) is 11.2 Å². The largest absolute Gasteiger partial charge is 0.324 e. The van der Waals surface area contributed by atoms with Crippen LogP contribution in [0.5, 0.6) is 0 Å². The molecule has 6 heteroatoms. The molecule has 3 aromatic rings. The summed E-state index contributed by atoms with van der Waals surface area (Å²) in [7, 11) is 0. The molecule has 0 aliphatic heterocycles. The van der Waals surface area contributed by atoms with Gasteiger partial charge in [-0.1, -0.05) is 29.3 Å². The lowest BCUT2D eigenvalue weighted by Gasteiger charge is -2.08. The van der Waals surface area contributed by atoms with E-state index >= 15 is 0 Å². The Balaban J connectivity index is 1.81. The normalized spacial score (nSPS) is 10.8. The van der Waals surface area contributed by atoms with Gasteiger partial charge in [0.25, 0.3) is 5.56 Å². The average Bonchev–Trinajstić information content (AvgIpc) is 2.52. The second-order valence-electron chi connectivity index (χ2n) is 5.55. The molecule has 122 valence electrons. The van der Waals surface area contributed by atoms with Crippen LogP contribution < -0.4 is 10.9 Å². The number of nitrogens with one attached hydrogen (secondary N) is 2. The quantitative estimate of drug-likeness (QED) is 0.730. The summed E-state index contributed by atoms with van der Waals surface area (Å²) in [5.41, 5.74) is 2.59. The van der Waals surface area contributed by atoms with E-state index < -0.39 is 0 Å². The highest BCUT2D eigenvalue weighted by Crippen LogP contribution is 2.25. The van der Waals surface area contributed by atoms with Crippen LogP contribution in [0.3, 0.4) is 0 Å². The summed E-state index contributed by atoms with van der Waals surface area (Å²) in [6.07, 6.45) is 0.191. The molecule has 0 unspecified atom stereocenters. The van der Waals surface area contributed by atoms with E-state index in [4.69, 9.17) is 23.2 Å². The van der Waals surface area contributed by atoms with Crippen molar-refractivity contribution in [1.29, 1.82) is 0 Å². The summed E-state index contributed by atoms with van der Waals surface area (Å²) in [6, 6.07) is 12.2. The minimum atomic E-state index is -0.195. The summed E-state index contributed by atoms with van der Waals surface area (Å²) in [5.74, 6) is -0.195. The number of halogens is 2. The molecule has 0 spiro atoms. The molecule has 3 rings (SSSR count). The van der Waals surface area contributed by atoms with Gasteiger partial charge in [-0.15, -0.1) is 0 Å². The molecule has 2 N–H and O–H groups in total. The van der Waals surface area contributed by atoms with Crippen molar-refractivity contribution in [3.05, 3.63) is 74.0 Å². The summed E-state index contributed by atoms with van der Waals surface area (Å²) in [5, 5.41) is 4.57. The molecule has 0 fully saturated rings. The van der Waals surface area contributed by atoms with E-state index in [1.54, 1.807) is 31.2 Å². The number of aromatic nitrogens is 1. The molecule has 0 saturated heterocycles. The van der Waals surface area contributed by atoms with Gasteiger partial charge >= 0.3 is 0 Å². The lowest BCUT2D eigenvalue weighted by atomic mass is 10.1. The molecule has 1 aromatic heterocycles. The van der Waals surface area contributed by atoms with Crippen LogP contribution in [0.15, 0.2) is 47.3 Å². The topological polar surface area (TPSA) is 62.0 Å². The van der Waals surface area contributed by atoms with Gasteiger partial charge < -0.3 is 10.3 Å². The lowest BCUT2D eigenvalue weighted by Crippen LogP contribution is -2.15. The number of aryl methyl sites for hydroxylation is 1. The fraction of sp³-hybridized carbons (Fsp3) is 0.111. The van der Waals surface area contributed by atoms with Crippen molar-refractivity contribution in [2.24, 2.45) is 0 Å². The summed E-state index contributed by atoms with van der Waals surface area (Å²) in [6.45, 7) is 1.75. The smallest absolute Gasteiger partial charge is 0.251 e. The molecule has 0 aliphatic carbocycles. The molecule has 0 atom stereocenters. The number of anilines is 1. The zero-order chi connectivity index (χ0) is 17.3. The van der Waals surface area contributed by atoms with Crippen molar-refractivity contribution >= 4 is 45.7 Å². The Bertz CT molecular complexity index is 996. The van der Waals surface area contributed by atoms with E-state index in [1.165, 1.54) is 0 Å². The zero-order valence-electron chi connectivity index (χ0n) is 12.8. The van der Waals surface area contributed by atoms with Crippen molar-refractivity contribution in [3.63, 3.8) is 0 Å². The molecule has 0 bridgehead atoms. The molecule has 0 aliphatic rings. The van der Waals surface area contributed by atoms with Crippen molar-refractivity contribution in [2.75, 3.05) is 5.32 Å². The molecule has 24 heavy (non-hydrogen) atoms. The van der Waals surface area contributed by atoms with Crippen molar-refractivity contribution in [3.8, 4) is 0 Å². The van der Waals surface area contributed by atoms with Gasteiger partial charge in [-0.3, -0.25) is 9.59 Å². The first-order valence-electron chi connectivity index (χ1n) is 7.30. The molecule has 1 amide bonds. The zero-order valence-corrected chi connectivity index (χ0v) is 14.3. The van der Waals surface area contributed by atoms with Crippen LogP contribution in [0, 0.1) is 6.92 Å². The van der Waals surface area contributed by atoms with Crippen LogP contribution in [0.4, 0.5) is 5.69 Å². The van der Waals surface area contributed by atoms with Crippen LogP contribution in [0.25, 0.3) is 10.9 Å². The predicted molar refractivity (Wildman–Crippen MR) is 98.1 cm³/mol. The van der Waals surface area contributed by atoms with Gasteiger partial charge in [0.1, 0.15) is 0 Å². The molecule has 0 saturated carbocycles. The van der Waals surface area contributed by atoms with E-state index in [-0.39, 0.29) is 17.9 Å². The van der Waals surface area contributed by atoms with Gasteiger partial charge in [0, 0.05) is 16.1 Å². The third-order valence-corrected chi connectivity index (χ3v) is 4.23. The highest BCUT2D eigenvalue weighted by molar-refractivity contribution is 6.35. The average molecular weight is 361 g/mol. The highest BCUT2D eigenvalue weighted by Gasteiger charge is 2.09. The maximum atomic E-state index is 12.2. The van der Waals surface area contributed by atoms with Gasteiger partial charge in [-0.05, 0) is 54.3 Å². The van der Waals surface area contributed by atoms with Gasteiger partial charge in [0.05, 0.1) is 17.1 Å². The number of carbonyl (C=O) groups excluding carboxylic acids is 1. The van der Waals surface area contributed by atoms with Crippen LogP contribution in [0.2, 0.25) is 10.0 Å². The Morgan fingerprint density at radius 1 is 1.12 bits per heavy atom. The summed E-state index contributed by atoms with van der Waals surface area (Å²) < 4.78 is 0. The first-order valence-corrected chi connectivity index (χ1v) is 8.05. The maximum Gasteiger partial charge on any atom is 0.251 e. The first-order chi connectivity index (χ1) is 11.4. The van der Waals surface area contributed by atoms with E-state index in [1.807, 2.05) is 18.2 Å². The monoisotopic (exact) mass is 360 g/mol. The third kappa shape index (κ3) is 3.61. The minimum Gasteiger partial charge on any atom is -0.324 e. The van der Waals surface area contributed by atoms with Crippen LogP contribution in [0.1, 0.15) is 11.1 Å². The van der Waals surface area contributed by atoms with Crippen molar-refractivity contribution < 1.29 is 4.79 Å². The second kappa shape index (κ2) is 6.67.